The highest BCUT2D eigenvalue weighted by Gasteiger charge is 2.27. The van der Waals surface area contributed by atoms with E-state index in [4.69, 9.17) is 5.84 Å². The van der Waals surface area contributed by atoms with Crippen molar-refractivity contribution < 1.29 is 4.92 Å². The first-order valence-electron chi connectivity index (χ1n) is 11.6. The van der Waals surface area contributed by atoms with E-state index in [1.165, 1.54) is 4.68 Å². The number of nitrogens with two attached hydrogens (primary N) is 1. The van der Waals surface area contributed by atoms with Crippen molar-refractivity contribution in [2.45, 2.75) is 46.5 Å². The first kappa shape index (κ1) is 25.5. The Labute approximate surface area is 205 Å². The Kier molecular flexibility index (Phi) is 8.19. The van der Waals surface area contributed by atoms with Crippen LogP contribution < -0.4 is 21.1 Å². The van der Waals surface area contributed by atoms with Crippen molar-refractivity contribution in [3.05, 3.63) is 33.6 Å². The third-order valence-corrected chi connectivity index (χ3v) is 6.80. The molecule has 1 aromatic carbocycles. The van der Waals surface area contributed by atoms with E-state index >= 15 is 0 Å². The van der Waals surface area contributed by atoms with E-state index in [-0.39, 0.29) is 23.0 Å². The number of nitrogens with zero attached hydrogens (tertiary/aromatic N) is 7. The number of aromatic nitrogens is 3. The summed E-state index contributed by atoms with van der Waals surface area (Å²) in [6, 6.07) is 3.63. The summed E-state index contributed by atoms with van der Waals surface area (Å²) in [4.78, 5) is 16.2. The first-order valence-corrected chi connectivity index (χ1v) is 11.6. The van der Waals surface area contributed by atoms with Gasteiger partial charge < -0.3 is 15.6 Å². The highest BCUT2D eigenvalue weighted by Crippen LogP contribution is 2.38. The molecule has 0 unspecified atom stereocenters. The average Bonchev–Trinajstić information content (AvgIpc) is 3.12. The molecule has 11 nitrogen and oxygen atoms in total. The molecule has 186 valence electrons. The molecule has 0 spiro atoms. The number of aryl methyl sites for hydroxylation is 1. The molecule has 2 fully saturated rings. The number of rotatable bonds is 6. The van der Waals surface area contributed by atoms with Crippen LogP contribution in [0, 0.1) is 28.9 Å². The van der Waals surface area contributed by atoms with Crippen LogP contribution in [0.1, 0.15) is 50.9 Å². The van der Waals surface area contributed by atoms with E-state index in [0.717, 1.165) is 57.5 Å². The summed E-state index contributed by atoms with van der Waals surface area (Å²) in [7, 11) is 0. The number of nitro groups is 1. The lowest BCUT2D eigenvalue weighted by atomic mass is 9.96. The van der Waals surface area contributed by atoms with Crippen molar-refractivity contribution in [1.82, 2.24) is 14.9 Å². The number of hydrogen-bond donors (Lipinski definition) is 2. The van der Waals surface area contributed by atoms with Crippen molar-refractivity contribution in [2.24, 2.45) is 16.9 Å². The number of nitro benzene ring substituents is 1. The van der Waals surface area contributed by atoms with E-state index in [1.54, 1.807) is 19.2 Å². The third-order valence-electron chi connectivity index (χ3n) is 6.80. The minimum atomic E-state index is -0.292. The molecule has 3 N–H and O–H groups in total. The fourth-order valence-electron chi connectivity index (χ4n) is 4.46. The normalized spacial score (nSPS) is 17.7. The third kappa shape index (κ3) is 5.52. The summed E-state index contributed by atoms with van der Waals surface area (Å²) in [6.07, 6.45) is 5.88. The molecule has 12 heteroatoms. The lowest BCUT2D eigenvalue weighted by Crippen LogP contribution is -2.35. The number of halogens is 1. The smallest absolute Gasteiger partial charge is 0.293 e. The van der Waals surface area contributed by atoms with Gasteiger partial charge in [0.2, 0.25) is 0 Å². The molecule has 2 aliphatic heterocycles. The molecular weight excluding hydrogens is 458 g/mol. The van der Waals surface area contributed by atoms with Gasteiger partial charge in [-0.25, -0.2) is 10.1 Å². The zero-order valence-electron chi connectivity index (χ0n) is 20.0. The molecule has 0 atom stereocenters. The summed E-state index contributed by atoms with van der Waals surface area (Å²) in [5, 5.41) is 24.1. The van der Waals surface area contributed by atoms with Crippen LogP contribution in [0.4, 0.5) is 23.0 Å². The molecule has 0 saturated carbocycles. The van der Waals surface area contributed by atoms with Gasteiger partial charge in [-0.1, -0.05) is 13.8 Å². The Hall–Kier alpha value is -3.08. The first-order chi connectivity index (χ1) is 15.8. The van der Waals surface area contributed by atoms with Crippen LogP contribution in [0.2, 0.25) is 0 Å². The van der Waals surface area contributed by atoms with Crippen LogP contribution in [0.5, 0.6) is 0 Å². The zero-order chi connectivity index (χ0) is 23.5. The van der Waals surface area contributed by atoms with Gasteiger partial charge in [-0.2, -0.15) is 5.10 Å². The van der Waals surface area contributed by atoms with Gasteiger partial charge in [-0.3, -0.25) is 10.1 Å². The Bertz CT molecular complexity index is 1030. The number of piperidine rings is 2. The van der Waals surface area contributed by atoms with Crippen LogP contribution >= 0.6 is 12.4 Å². The average molecular weight is 492 g/mol. The fraction of sp³-hybridized carbons (Fsp3) is 0.591. The van der Waals surface area contributed by atoms with Crippen molar-refractivity contribution in [3.63, 3.8) is 0 Å². The van der Waals surface area contributed by atoms with Gasteiger partial charge in [0.25, 0.3) is 11.6 Å². The molecule has 0 bridgehead atoms. The van der Waals surface area contributed by atoms with E-state index in [1.807, 2.05) is 6.07 Å². The largest absolute Gasteiger partial charge is 0.371 e. The SMILES string of the molecule is Cc1nnc(NN=Cc2cc([N+](=O)[O-])c(N3CCC(C)CC3)cc2N2CCC(C)CC2)n1N.Cl. The number of hydrazone groups is 1. The van der Waals surface area contributed by atoms with E-state index in [9.17, 15) is 10.1 Å². The lowest BCUT2D eigenvalue weighted by molar-refractivity contribution is -0.384. The van der Waals surface area contributed by atoms with E-state index in [2.05, 4.69) is 44.4 Å². The second kappa shape index (κ2) is 10.9. The van der Waals surface area contributed by atoms with Crippen LogP contribution in [-0.2, 0) is 0 Å². The fourth-order valence-corrected chi connectivity index (χ4v) is 4.46. The Morgan fingerprint density at radius 3 is 2.12 bits per heavy atom. The molecule has 3 heterocycles. The second-order valence-electron chi connectivity index (χ2n) is 9.31. The number of benzene rings is 1. The molecule has 1 aromatic heterocycles. The van der Waals surface area contributed by atoms with Gasteiger partial charge >= 0.3 is 0 Å². The van der Waals surface area contributed by atoms with Crippen molar-refractivity contribution >= 4 is 41.6 Å². The Balaban J connectivity index is 0.00000324. The minimum Gasteiger partial charge on any atom is -0.371 e. The second-order valence-corrected chi connectivity index (χ2v) is 9.31. The van der Waals surface area contributed by atoms with Crippen LogP contribution in [0.3, 0.4) is 0 Å². The van der Waals surface area contributed by atoms with Gasteiger partial charge in [0.05, 0.1) is 11.1 Å². The molecule has 34 heavy (non-hydrogen) atoms. The molecule has 4 rings (SSSR count). The van der Waals surface area contributed by atoms with Crippen LogP contribution in [-0.4, -0.2) is 52.2 Å². The molecular formula is C22H34ClN9O2. The summed E-state index contributed by atoms with van der Waals surface area (Å²) >= 11 is 0. The van der Waals surface area contributed by atoms with E-state index in [0.29, 0.717) is 34.9 Å². The number of nitrogens with one attached hydrogen (secondary N) is 1. The molecule has 2 aliphatic rings. The number of nitrogen functional groups attached to an aromatic ring is 1. The van der Waals surface area contributed by atoms with Gasteiger partial charge in [0.15, 0.2) is 5.82 Å². The minimum absolute atomic E-state index is 0. The van der Waals surface area contributed by atoms with Gasteiger partial charge in [-0.15, -0.1) is 22.6 Å². The van der Waals surface area contributed by atoms with Gasteiger partial charge in [0, 0.05) is 43.5 Å². The molecule has 2 aromatic rings. The highest BCUT2D eigenvalue weighted by molar-refractivity contribution is 5.92. The maximum Gasteiger partial charge on any atom is 0.293 e. The van der Waals surface area contributed by atoms with Crippen molar-refractivity contribution in [2.75, 3.05) is 47.2 Å². The predicted molar refractivity (Wildman–Crippen MR) is 138 cm³/mol. The number of anilines is 3. The molecule has 0 amide bonds. The zero-order valence-corrected chi connectivity index (χ0v) is 20.8. The lowest BCUT2D eigenvalue weighted by Gasteiger charge is -2.35. The topological polar surface area (TPSA) is 131 Å². The van der Waals surface area contributed by atoms with Gasteiger partial charge in [0.1, 0.15) is 5.69 Å². The number of hydrogen-bond acceptors (Lipinski definition) is 9. The monoisotopic (exact) mass is 491 g/mol. The maximum absolute atomic E-state index is 12.0. The maximum atomic E-state index is 12.0. The molecule has 0 aliphatic carbocycles. The summed E-state index contributed by atoms with van der Waals surface area (Å²) in [5.41, 5.74) is 5.25. The summed E-state index contributed by atoms with van der Waals surface area (Å²) in [6.45, 7) is 9.74. The predicted octanol–water partition coefficient (Wildman–Crippen LogP) is 3.55. The van der Waals surface area contributed by atoms with Crippen LogP contribution in [0.25, 0.3) is 0 Å². The summed E-state index contributed by atoms with van der Waals surface area (Å²) < 4.78 is 1.30. The molecule has 0 radical (unpaired) electrons. The Morgan fingerprint density at radius 2 is 1.62 bits per heavy atom. The van der Waals surface area contributed by atoms with Crippen molar-refractivity contribution in [3.8, 4) is 0 Å². The van der Waals surface area contributed by atoms with E-state index < -0.39 is 0 Å². The standard InChI is InChI=1S/C22H33N9O2.ClH/c1-15-4-8-28(9-5-15)19-13-20(29-10-6-16(2)7-11-29)21(31(32)33)12-18(19)14-24-26-22-27-25-17(3)30(22)23;/h12-16H,4-11,23H2,1-3H3,(H,26,27);1H. The van der Waals surface area contributed by atoms with Crippen molar-refractivity contribution in [1.29, 1.82) is 0 Å². The van der Waals surface area contributed by atoms with Crippen LogP contribution in [0.15, 0.2) is 17.2 Å². The quantitative estimate of drug-likeness (QED) is 0.271. The highest BCUT2D eigenvalue weighted by atomic mass is 35.5. The summed E-state index contributed by atoms with van der Waals surface area (Å²) in [5.74, 6) is 8.04. The Morgan fingerprint density at radius 1 is 1.06 bits per heavy atom. The van der Waals surface area contributed by atoms with Gasteiger partial charge in [-0.05, 0) is 50.5 Å². The molecule has 2 saturated heterocycles.